The lowest BCUT2D eigenvalue weighted by Crippen LogP contribution is -2.40. The van der Waals surface area contributed by atoms with E-state index in [0.29, 0.717) is 6.10 Å². The Morgan fingerprint density at radius 1 is 1.57 bits per heavy atom. The Morgan fingerprint density at radius 2 is 2.43 bits per heavy atom. The zero-order chi connectivity index (χ0) is 10.2. The molecule has 1 aliphatic heterocycles. The van der Waals surface area contributed by atoms with Crippen molar-refractivity contribution in [3.05, 3.63) is 0 Å². The Bertz CT molecular complexity index is 183. The number of terminal acetylenes is 1. The largest absolute Gasteiger partial charge is 0.377 e. The van der Waals surface area contributed by atoms with Gasteiger partial charge in [0.15, 0.2) is 0 Å². The highest BCUT2D eigenvalue weighted by molar-refractivity contribution is 4.84. The Hall–Kier alpha value is -0.520. The van der Waals surface area contributed by atoms with Crippen LogP contribution in [0.15, 0.2) is 0 Å². The molecule has 1 atom stereocenters. The molecule has 1 fully saturated rings. The van der Waals surface area contributed by atoms with E-state index in [1.165, 1.54) is 19.4 Å². The van der Waals surface area contributed by atoms with Crippen molar-refractivity contribution in [3.8, 4) is 12.3 Å². The van der Waals surface area contributed by atoms with E-state index < -0.39 is 0 Å². The minimum atomic E-state index is 0.458. The lowest BCUT2D eigenvalue weighted by atomic mass is 10.1. The van der Waals surface area contributed by atoms with Gasteiger partial charge in [-0.3, -0.25) is 0 Å². The fraction of sp³-hybridized carbons (Fsp3) is 0.833. The van der Waals surface area contributed by atoms with Gasteiger partial charge in [0, 0.05) is 19.6 Å². The van der Waals surface area contributed by atoms with Gasteiger partial charge in [0.25, 0.3) is 0 Å². The van der Waals surface area contributed by atoms with E-state index in [9.17, 15) is 0 Å². The number of hydrogen-bond acceptors (Lipinski definition) is 2. The van der Waals surface area contributed by atoms with Crippen molar-refractivity contribution in [2.24, 2.45) is 0 Å². The number of unbranched alkanes of at least 4 members (excludes halogenated alkanes) is 1. The molecule has 0 N–H and O–H groups in total. The molecule has 1 rings (SSSR count). The average Bonchev–Trinajstić information content (AvgIpc) is 2.19. The fourth-order valence-electron chi connectivity index (χ4n) is 1.99. The highest BCUT2D eigenvalue weighted by atomic mass is 16.5. The molecule has 80 valence electrons. The number of nitrogens with zero attached hydrogens (tertiary/aromatic N) is 1. The summed E-state index contributed by atoms with van der Waals surface area (Å²) in [5.74, 6) is 2.69. The van der Waals surface area contributed by atoms with Crippen LogP contribution in [0.3, 0.4) is 0 Å². The maximum Gasteiger partial charge on any atom is 0.0702 e. The van der Waals surface area contributed by atoms with Crippen LogP contribution < -0.4 is 0 Å². The molecule has 0 aromatic heterocycles. The molecule has 1 aliphatic rings. The van der Waals surface area contributed by atoms with Gasteiger partial charge in [-0.1, -0.05) is 0 Å². The first-order chi connectivity index (χ1) is 6.86. The summed E-state index contributed by atoms with van der Waals surface area (Å²) in [7, 11) is 0. The first-order valence-electron chi connectivity index (χ1n) is 5.64. The summed E-state index contributed by atoms with van der Waals surface area (Å²) in [5.41, 5.74) is 0. The van der Waals surface area contributed by atoms with E-state index in [4.69, 9.17) is 11.2 Å². The molecule has 0 radical (unpaired) electrons. The number of rotatable bonds is 5. The van der Waals surface area contributed by atoms with Crippen LogP contribution in [-0.2, 0) is 4.74 Å². The Kier molecular flexibility index (Phi) is 5.66. The summed E-state index contributed by atoms with van der Waals surface area (Å²) in [6.07, 6.45) is 10.2. The van der Waals surface area contributed by atoms with Gasteiger partial charge in [-0.05, 0) is 39.3 Å². The van der Waals surface area contributed by atoms with Crippen molar-refractivity contribution in [1.82, 2.24) is 4.90 Å². The molecule has 2 heteroatoms. The van der Waals surface area contributed by atoms with Crippen LogP contribution in [0.25, 0.3) is 0 Å². The molecular weight excluding hydrogens is 174 g/mol. The Morgan fingerprint density at radius 3 is 3.14 bits per heavy atom. The zero-order valence-electron chi connectivity index (χ0n) is 9.17. The van der Waals surface area contributed by atoms with Crippen LogP contribution in [0, 0.1) is 12.3 Å². The highest BCUT2D eigenvalue weighted by Crippen LogP contribution is 2.13. The lowest BCUT2D eigenvalue weighted by Gasteiger charge is -2.32. The fourth-order valence-corrected chi connectivity index (χ4v) is 1.99. The quantitative estimate of drug-likeness (QED) is 0.491. The first-order valence-corrected chi connectivity index (χ1v) is 5.64. The standard InChI is InChI=1S/C12H21NO/c1-3-5-6-9-13-10-7-8-12(11-13)14-4-2/h1,12H,4-11H2,2H3. The van der Waals surface area contributed by atoms with Crippen molar-refractivity contribution < 1.29 is 4.74 Å². The smallest absolute Gasteiger partial charge is 0.0702 e. The average molecular weight is 195 g/mol. The third-order valence-electron chi connectivity index (χ3n) is 2.66. The van der Waals surface area contributed by atoms with Crippen molar-refractivity contribution in [2.75, 3.05) is 26.2 Å². The number of hydrogen-bond donors (Lipinski definition) is 0. The van der Waals surface area contributed by atoms with Crippen LogP contribution in [0.4, 0.5) is 0 Å². The molecule has 1 saturated heterocycles. The molecule has 0 aromatic carbocycles. The maximum absolute atomic E-state index is 5.64. The molecule has 2 nitrogen and oxygen atoms in total. The van der Waals surface area contributed by atoms with Gasteiger partial charge in [0.1, 0.15) is 0 Å². The second-order valence-corrected chi connectivity index (χ2v) is 3.83. The van der Waals surface area contributed by atoms with Crippen LogP contribution >= 0.6 is 0 Å². The zero-order valence-corrected chi connectivity index (χ0v) is 9.17. The third kappa shape index (κ3) is 4.13. The molecule has 0 spiro atoms. The Labute approximate surface area is 87.6 Å². The molecule has 0 saturated carbocycles. The van der Waals surface area contributed by atoms with E-state index >= 15 is 0 Å². The lowest BCUT2D eigenvalue weighted by molar-refractivity contribution is 0.00585. The van der Waals surface area contributed by atoms with Crippen LogP contribution in [0.1, 0.15) is 32.6 Å². The van der Waals surface area contributed by atoms with E-state index in [2.05, 4.69) is 17.7 Å². The predicted octanol–water partition coefficient (Wildman–Crippen LogP) is 1.90. The second-order valence-electron chi connectivity index (χ2n) is 3.83. The van der Waals surface area contributed by atoms with Crippen molar-refractivity contribution in [1.29, 1.82) is 0 Å². The van der Waals surface area contributed by atoms with E-state index in [0.717, 1.165) is 32.5 Å². The monoisotopic (exact) mass is 195 g/mol. The molecular formula is C12H21NO. The van der Waals surface area contributed by atoms with Gasteiger partial charge in [-0.2, -0.15) is 0 Å². The van der Waals surface area contributed by atoms with Crippen molar-refractivity contribution in [3.63, 3.8) is 0 Å². The molecule has 1 heterocycles. The van der Waals surface area contributed by atoms with Crippen LogP contribution in [-0.4, -0.2) is 37.2 Å². The second kappa shape index (κ2) is 6.86. The van der Waals surface area contributed by atoms with E-state index in [-0.39, 0.29) is 0 Å². The van der Waals surface area contributed by atoms with Gasteiger partial charge in [-0.25, -0.2) is 0 Å². The van der Waals surface area contributed by atoms with Gasteiger partial charge in [0.05, 0.1) is 6.10 Å². The van der Waals surface area contributed by atoms with Gasteiger partial charge in [-0.15, -0.1) is 12.3 Å². The molecule has 0 bridgehead atoms. The third-order valence-corrected chi connectivity index (χ3v) is 2.66. The first kappa shape index (κ1) is 11.6. The molecule has 1 unspecified atom stereocenters. The Balaban J connectivity index is 2.16. The summed E-state index contributed by atoms with van der Waals surface area (Å²) in [4.78, 5) is 2.47. The highest BCUT2D eigenvalue weighted by Gasteiger charge is 2.18. The van der Waals surface area contributed by atoms with Crippen molar-refractivity contribution in [2.45, 2.75) is 38.7 Å². The summed E-state index contributed by atoms with van der Waals surface area (Å²) >= 11 is 0. The SMILES string of the molecule is C#CCCCN1CCCC(OCC)C1. The maximum atomic E-state index is 5.64. The van der Waals surface area contributed by atoms with E-state index in [1.54, 1.807) is 0 Å². The van der Waals surface area contributed by atoms with Crippen molar-refractivity contribution >= 4 is 0 Å². The molecule has 0 aliphatic carbocycles. The summed E-state index contributed by atoms with van der Waals surface area (Å²) < 4.78 is 5.64. The molecule has 0 aromatic rings. The van der Waals surface area contributed by atoms with Crippen LogP contribution in [0.2, 0.25) is 0 Å². The predicted molar refractivity (Wildman–Crippen MR) is 59.2 cm³/mol. The minimum absolute atomic E-state index is 0.458. The topological polar surface area (TPSA) is 12.5 Å². The molecule has 14 heavy (non-hydrogen) atoms. The van der Waals surface area contributed by atoms with Gasteiger partial charge >= 0.3 is 0 Å². The summed E-state index contributed by atoms with van der Waals surface area (Å²) in [6.45, 7) is 6.35. The number of piperidine rings is 1. The number of ether oxygens (including phenoxy) is 1. The normalized spacial score (nSPS) is 23.3. The van der Waals surface area contributed by atoms with Gasteiger partial charge in [0.2, 0.25) is 0 Å². The van der Waals surface area contributed by atoms with Gasteiger partial charge < -0.3 is 9.64 Å². The van der Waals surface area contributed by atoms with E-state index in [1.807, 2.05) is 0 Å². The van der Waals surface area contributed by atoms with Crippen LogP contribution in [0.5, 0.6) is 0 Å². The summed E-state index contributed by atoms with van der Waals surface area (Å²) in [5, 5.41) is 0. The summed E-state index contributed by atoms with van der Waals surface area (Å²) in [6, 6.07) is 0. The number of likely N-dealkylation sites (tertiary alicyclic amines) is 1. The molecule has 0 amide bonds. The minimum Gasteiger partial charge on any atom is -0.377 e.